The summed E-state index contributed by atoms with van der Waals surface area (Å²) in [7, 11) is 0. The molecule has 0 aliphatic rings. The minimum Gasteiger partial charge on any atom is -0.291 e. The van der Waals surface area contributed by atoms with Crippen LogP contribution in [0.5, 0.6) is 0 Å². The normalized spacial score (nSPS) is 12.6. The van der Waals surface area contributed by atoms with Gasteiger partial charge in [0.2, 0.25) is 5.78 Å². The van der Waals surface area contributed by atoms with Crippen molar-refractivity contribution in [3.63, 3.8) is 0 Å². The third kappa shape index (κ3) is 3.30. The summed E-state index contributed by atoms with van der Waals surface area (Å²) in [6.07, 6.45) is 2.60. The molecule has 0 saturated carbocycles. The summed E-state index contributed by atoms with van der Waals surface area (Å²) < 4.78 is 0. The predicted octanol–water partition coefficient (Wildman–Crippen LogP) is 1.97. The largest absolute Gasteiger partial charge is 0.291 e. The standard InChI is InChI=1S/C9H16O2/c1-4-6-8(5-2)9(11)7(3)10/h8H,4-6H2,1-3H3. The zero-order valence-electron chi connectivity index (χ0n) is 7.52. The summed E-state index contributed by atoms with van der Waals surface area (Å²) in [5, 5.41) is 0. The number of ketones is 2. The van der Waals surface area contributed by atoms with Crippen LogP contribution in [-0.4, -0.2) is 11.6 Å². The lowest BCUT2D eigenvalue weighted by Gasteiger charge is -2.08. The molecule has 1 atom stereocenters. The molecule has 1 unspecified atom stereocenters. The average Bonchev–Trinajstić information content (AvgIpc) is 1.98. The number of carbonyl (C=O) groups is 2. The predicted molar refractivity (Wildman–Crippen MR) is 44.4 cm³/mol. The van der Waals surface area contributed by atoms with Crippen LogP contribution in [0.2, 0.25) is 0 Å². The molecule has 0 heterocycles. The van der Waals surface area contributed by atoms with Crippen LogP contribution in [0.3, 0.4) is 0 Å². The highest BCUT2D eigenvalue weighted by Gasteiger charge is 2.18. The van der Waals surface area contributed by atoms with Crippen LogP contribution in [0.15, 0.2) is 0 Å². The maximum absolute atomic E-state index is 11.1. The fourth-order valence-electron chi connectivity index (χ4n) is 1.16. The summed E-state index contributed by atoms with van der Waals surface area (Å²) in [6.45, 7) is 5.32. The maximum Gasteiger partial charge on any atom is 0.201 e. The van der Waals surface area contributed by atoms with Gasteiger partial charge >= 0.3 is 0 Å². The van der Waals surface area contributed by atoms with E-state index >= 15 is 0 Å². The smallest absolute Gasteiger partial charge is 0.201 e. The van der Waals surface area contributed by atoms with Gasteiger partial charge in [-0.05, 0) is 12.8 Å². The van der Waals surface area contributed by atoms with Gasteiger partial charge in [-0.15, -0.1) is 0 Å². The number of hydrogen-bond donors (Lipinski definition) is 0. The minimum atomic E-state index is -0.301. The topological polar surface area (TPSA) is 34.1 Å². The Balaban J connectivity index is 4.02. The van der Waals surface area contributed by atoms with Gasteiger partial charge < -0.3 is 0 Å². The van der Waals surface area contributed by atoms with Crippen molar-refractivity contribution in [2.24, 2.45) is 5.92 Å². The molecule has 2 nitrogen and oxygen atoms in total. The van der Waals surface area contributed by atoms with Gasteiger partial charge in [-0.2, -0.15) is 0 Å². The van der Waals surface area contributed by atoms with Crippen molar-refractivity contribution in [1.29, 1.82) is 0 Å². The molecule has 64 valence electrons. The molecular formula is C9H16O2. The molecule has 0 amide bonds. The summed E-state index contributed by atoms with van der Waals surface area (Å²) in [5.74, 6) is -0.530. The van der Waals surface area contributed by atoms with Crippen LogP contribution in [0.1, 0.15) is 40.0 Å². The molecule has 0 saturated heterocycles. The second-order valence-electron chi connectivity index (χ2n) is 2.81. The number of Topliss-reactive ketones (excluding diaryl/α,β-unsaturated/α-hetero) is 2. The number of hydrogen-bond acceptors (Lipinski definition) is 2. The van der Waals surface area contributed by atoms with E-state index in [0.29, 0.717) is 0 Å². The van der Waals surface area contributed by atoms with Crippen LogP contribution in [0, 0.1) is 5.92 Å². The third-order valence-electron chi connectivity index (χ3n) is 1.85. The van der Waals surface area contributed by atoms with Crippen LogP contribution < -0.4 is 0 Å². The van der Waals surface area contributed by atoms with Crippen molar-refractivity contribution >= 4 is 11.6 Å². The molecule has 11 heavy (non-hydrogen) atoms. The van der Waals surface area contributed by atoms with Gasteiger partial charge in [-0.1, -0.05) is 20.3 Å². The van der Waals surface area contributed by atoms with E-state index in [1.807, 2.05) is 13.8 Å². The highest BCUT2D eigenvalue weighted by Crippen LogP contribution is 2.11. The Morgan fingerprint density at radius 3 is 2.09 bits per heavy atom. The van der Waals surface area contributed by atoms with Crippen molar-refractivity contribution in [3.8, 4) is 0 Å². The van der Waals surface area contributed by atoms with Crippen LogP contribution in [0.25, 0.3) is 0 Å². The molecule has 0 rings (SSSR count). The van der Waals surface area contributed by atoms with E-state index in [9.17, 15) is 9.59 Å². The molecule has 0 aliphatic heterocycles. The van der Waals surface area contributed by atoms with Gasteiger partial charge in [0.05, 0.1) is 0 Å². The molecule has 0 aromatic heterocycles. The highest BCUT2D eigenvalue weighted by molar-refractivity contribution is 6.36. The molecule has 0 bridgehead atoms. The van der Waals surface area contributed by atoms with E-state index < -0.39 is 0 Å². The first-order valence-corrected chi connectivity index (χ1v) is 4.18. The second kappa shape index (κ2) is 5.05. The van der Waals surface area contributed by atoms with Gasteiger partial charge in [-0.25, -0.2) is 0 Å². The average molecular weight is 156 g/mol. The summed E-state index contributed by atoms with van der Waals surface area (Å²) in [4.78, 5) is 21.8. The fraction of sp³-hybridized carbons (Fsp3) is 0.778. The summed E-state index contributed by atoms with van der Waals surface area (Å²) in [6, 6.07) is 0. The van der Waals surface area contributed by atoms with Crippen LogP contribution in [0.4, 0.5) is 0 Å². The lowest BCUT2D eigenvalue weighted by molar-refractivity contribution is -0.138. The van der Waals surface area contributed by atoms with Crippen molar-refractivity contribution in [1.82, 2.24) is 0 Å². The lowest BCUT2D eigenvalue weighted by atomic mass is 9.94. The van der Waals surface area contributed by atoms with E-state index in [0.717, 1.165) is 19.3 Å². The third-order valence-corrected chi connectivity index (χ3v) is 1.85. The molecule has 0 aromatic rings. The van der Waals surface area contributed by atoms with E-state index in [-0.39, 0.29) is 17.5 Å². The zero-order valence-corrected chi connectivity index (χ0v) is 7.52. The minimum absolute atomic E-state index is 0.0301. The van der Waals surface area contributed by atoms with E-state index in [2.05, 4.69) is 0 Å². The molecule has 0 N–H and O–H groups in total. The Kier molecular flexibility index (Phi) is 4.75. The van der Waals surface area contributed by atoms with Crippen molar-refractivity contribution in [3.05, 3.63) is 0 Å². The molecule has 0 aliphatic carbocycles. The van der Waals surface area contributed by atoms with Crippen molar-refractivity contribution in [2.75, 3.05) is 0 Å². The second-order valence-corrected chi connectivity index (χ2v) is 2.81. The molecular weight excluding hydrogens is 140 g/mol. The SMILES string of the molecule is CCCC(CC)C(=O)C(C)=O. The summed E-state index contributed by atoms with van der Waals surface area (Å²) >= 11 is 0. The first-order valence-electron chi connectivity index (χ1n) is 4.18. The van der Waals surface area contributed by atoms with Crippen LogP contribution >= 0.6 is 0 Å². The number of carbonyl (C=O) groups excluding carboxylic acids is 2. The Morgan fingerprint density at radius 2 is 1.82 bits per heavy atom. The quantitative estimate of drug-likeness (QED) is 0.570. The van der Waals surface area contributed by atoms with Crippen molar-refractivity contribution < 1.29 is 9.59 Å². The van der Waals surface area contributed by atoms with Gasteiger partial charge in [0.15, 0.2) is 5.78 Å². The Morgan fingerprint density at radius 1 is 1.27 bits per heavy atom. The van der Waals surface area contributed by atoms with Gasteiger partial charge in [0.1, 0.15) is 0 Å². The molecule has 0 spiro atoms. The number of rotatable bonds is 5. The van der Waals surface area contributed by atoms with Crippen LogP contribution in [-0.2, 0) is 9.59 Å². The first kappa shape index (κ1) is 10.3. The Hall–Kier alpha value is -0.660. The van der Waals surface area contributed by atoms with Gasteiger partial charge in [0, 0.05) is 12.8 Å². The molecule has 0 fully saturated rings. The highest BCUT2D eigenvalue weighted by atomic mass is 16.2. The van der Waals surface area contributed by atoms with E-state index in [1.165, 1.54) is 6.92 Å². The molecule has 2 heteroatoms. The van der Waals surface area contributed by atoms with Crippen molar-refractivity contribution in [2.45, 2.75) is 40.0 Å². The monoisotopic (exact) mass is 156 g/mol. The Labute approximate surface area is 68.0 Å². The maximum atomic E-state index is 11.1. The van der Waals surface area contributed by atoms with Gasteiger partial charge in [0.25, 0.3) is 0 Å². The van der Waals surface area contributed by atoms with E-state index in [4.69, 9.17) is 0 Å². The Bertz CT molecular complexity index is 150. The zero-order chi connectivity index (χ0) is 8.85. The van der Waals surface area contributed by atoms with Gasteiger partial charge in [-0.3, -0.25) is 9.59 Å². The fourth-order valence-corrected chi connectivity index (χ4v) is 1.16. The molecule has 0 radical (unpaired) electrons. The van der Waals surface area contributed by atoms with E-state index in [1.54, 1.807) is 0 Å². The lowest BCUT2D eigenvalue weighted by Crippen LogP contribution is -2.20. The summed E-state index contributed by atoms with van der Waals surface area (Å²) in [5.41, 5.74) is 0. The first-order chi connectivity index (χ1) is 5.13. The molecule has 0 aromatic carbocycles.